The van der Waals surface area contributed by atoms with Gasteiger partial charge in [0.15, 0.2) is 0 Å². The molecule has 2 heterocycles. The zero-order valence-electron chi connectivity index (χ0n) is 13.5. The molecule has 0 atom stereocenters. The van der Waals surface area contributed by atoms with E-state index < -0.39 is 0 Å². The van der Waals surface area contributed by atoms with Gasteiger partial charge in [0.1, 0.15) is 0 Å². The van der Waals surface area contributed by atoms with Gasteiger partial charge >= 0.3 is 0 Å². The first-order chi connectivity index (χ1) is 9.91. The molecule has 0 saturated heterocycles. The molecule has 0 aliphatic carbocycles. The topological polar surface area (TPSA) is 42.1 Å². The highest BCUT2D eigenvalue weighted by Gasteiger charge is 2.28. The van der Waals surface area contributed by atoms with Crippen LogP contribution >= 0.6 is 0 Å². The molecule has 1 aromatic heterocycles. The third-order valence-electron chi connectivity index (χ3n) is 4.47. The molecule has 21 heavy (non-hydrogen) atoms. The Labute approximate surface area is 127 Å². The summed E-state index contributed by atoms with van der Waals surface area (Å²) < 4.78 is 0. The van der Waals surface area contributed by atoms with E-state index in [4.69, 9.17) is 10.7 Å². The van der Waals surface area contributed by atoms with Crippen LogP contribution in [0.4, 0.5) is 0 Å². The normalized spacial score (nSPS) is 16.2. The van der Waals surface area contributed by atoms with Gasteiger partial charge in [-0.25, -0.2) is 0 Å². The van der Waals surface area contributed by atoms with Gasteiger partial charge in [-0.2, -0.15) is 0 Å². The Morgan fingerprint density at radius 3 is 2.76 bits per heavy atom. The molecule has 0 fully saturated rings. The molecule has 1 aliphatic rings. The first kappa shape index (κ1) is 14.5. The van der Waals surface area contributed by atoms with Gasteiger partial charge in [0.25, 0.3) is 0 Å². The number of nitrogens with zero attached hydrogens (tertiary/aromatic N) is 2. The lowest BCUT2D eigenvalue weighted by molar-refractivity contribution is 0.306. The summed E-state index contributed by atoms with van der Waals surface area (Å²) in [6.45, 7) is 8.43. The number of para-hydroxylation sites is 1. The number of aryl methyl sites for hydroxylation is 1. The summed E-state index contributed by atoms with van der Waals surface area (Å²) in [5, 5.41) is 1.23. The maximum absolute atomic E-state index is 6.54. The van der Waals surface area contributed by atoms with Gasteiger partial charge < -0.3 is 10.6 Å². The van der Waals surface area contributed by atoms with Crippen LogP contribution in [-0.4, -0.2) is 23.5 Å². The summed E-state index contributed by atoms with van der Waals surface area (Å²) in [6.07, 6.45) is 2.02. The van der Waals surface area contributed by atoms with Crippen LogP contribution in [0.2, 0.25) is 0 Å². The summed E-state index contributed by atoms with van der Waals surface area (Å²) in [4.78, 5) is 7.37. The van der Waals surface area contributed by atoms with Crippen LogP contribution < -0.4 is 5.73 Å². The zero-order valence-corrected chi connectivity index (χ0v) is 13.5. The fourth-order valence-corrected chi connectivity index (χ4v) is 3.48. The highest BCUT2D eigenvalue weighted by Crippen LogP contribution is 2.34. The van der Waals surface area contributed by atoms with Gasteiger partial charge in [-0.1, -0.05) is 25.1 Å². The highest BCUT2D eigenvalue weighted by molar-refractivity contribution is 5.87. The van der Waals surface area contributed by atoms with E-state index in [-0.39, 0.29) is 5.54 Å². The van der Waals surface area contributed by atoms with Crippen LogP contribution in [0, 0.1) is 0 Å². The predicted octanol–water partition coefficient (Wildman–Crippen LogP) is 2.98. The molecule has 112 valence electrons. The number of benzene rings is 1. The lowest BCUT2D eigenvalue weighted by Crippen LogP contribution is -2.35. The Balaban J connectivity index is 2.40. The molecule has 0 radical (unpaired) electrons. The van der Waals surface area contributed by atoms with E-state index in [0.29, 0.717) is 0 Å². The molecule has 0 spiro atoms. The Bertz CT molecular complexity index is 683. The average Bonchev–Trinajstić information content (AvgIpc) is 2.42. The van der Waals surface area contributed by atoms with E-state index in [0.717, 1.165) is 31.4 Å². The molecule has 3 rings (SSSR count). The van der Waals surface area contributed by atoms with Crippen molar-refractivity contribution in [3.8, 4) is 0 Å². The van der Waals surface area contributed by atoms with Crippen molar-refractivity contribution in [2.24, 2.45) is 5.73 Å². The number of hydrogen-bond acceptors (Lipinski definition) is 3. The van der Waals surface area contributed by atoms with Crippen LogP contribution in [-0.2, 0) is 24.9 Å². The maximum atomic E-state index is 6.54. The Hall–Kier alpha value is -1.45. The van der Waals surface area contributed by atoms with E-state index in [1.165, 1.54) is 27.8 Å². The minimum absolute atomic E-state index is 0.351. The molecular weight excluding hydrogens is 258 g/mol. The minimum Gasteiger partial charge on any atom is -0.322 e. The van der Waals surface area contributed by atoms with Crippen LogP contribution in [0.1, 0.15) is 43.2 Å². The van der Waals surface area contributed by atoms with Crippen LogP contribution in [0.5, 0.6) is 0 Å². The molecule has 0 unspecified atom stereocenters. The van der Waals surface area contributed by atoms with E-state index in [1.807, 2.05) is 0 Å². The number of likely N-dealkylation sites (N-methyl/N-ethyl adjacent to an activating group) is 1. The second kappa shape index (κ2) is 5.08. The highest BCUT2D eigenvalue weighted by atomic mass is 15.1. The van der Waals surface area contributed by atoms with E-state index in [9.17, 15) is 0 Å². The van der Waals surface area contributed by atoms with Crippen molar-refractivity contribution in [2.45, 2.75) is 45.7 Å². The summed E-state index contributed by atoms with van der Waals surface area (Å²) >= 11 is 0. The van der Waals surface area contributed by atoms with Gasteiger partial charge in [-0.15, -0.1) is 0 Å². The summed E-state index contributed by atoms with van der Waals surface area (Å²) in [6, 6.07) is 6.50. The molecule has 3 nitrogen and oxygen atoms in total. The second-order valence-corrected chi connectivity index (χ2v) is 6.79. The van der Waals surface area contributed by atoms with E-state index in [2.05, 4.69) is 50.9 Å². The van der Waals surface area contributed by atoms with Gasteiger partial charge in [-0.05, 0) is 44.0 Å². The average molecular weight is 283 g/mol. The summed E-state index contributed by atoms with van der Waals surface area (Å²) in [5.41, 5.74) is 12.5. The molecule has 0 amide bonds. The number of fused-ring (bicyclic) bond motifs is 2. The fraction of sp³-hybridized carbons (Fsp3) is 0.500. The van der Waals surface area contributed by atoms with Crippen molar-refractivity contribution in [2.75, 3.05) is 13.6 Å². The number of nitrogens with two attached hydrogens (primary N) is 1. The van der Waals surface area contributed by atoms with Crippen molar-refractivity contribution < 1.29 is 0 Å². The predicted molar refractivity (Wildman–Crippen MR) is 88.4 cm³/mol. The number of pyridine rings is 1. The standard InChI is InChI=1S/C18H25N3/c1-5-12-7-6-8-13-16(18(2,3)19)14-11-21(4)10-9-15(14)20-17(12)13/h6-8H,5,9-11,19H2,1-4H3. The first-order valence-corrected chi connectivity index (χ1v) is 7.83. The Morgan fingerprint density at radius 1 is 1.33 bits per heavy atom. The Kier molecular flexibility index (Phi) is 3.50. The van der Waals surface area contributed by atoms with Crippen molar-refractivity contribution >= 4 is 10.9 Å². The molecule has 1 aliphatic heterocycles. The van der Waals surface area contributed by atoms with E-state index >= 15 is 0 Å². The van der Waals surface area contributed by atoms with Crippen molar-refractivity contribution in [3.63, 3.8) is 0 Å². The van der Waals surface area contributed by atoms with Gasteiger partial charge in [0.05, 0.1) is 5.52 Å². The van der Waals surface area contributed by atoms with Crippen LogP contribution in [0.3, 0.4) is 0 Å². The molecule has 3 heteroatoms. The lowest BCUT2D eigenvalue weighted by Gasteiger charge is -2.32. The quantitative estimate of drug-likeness (QED) is 0.921. The third-order valence-corrected chi connectivity index (χ3v) is 4.47. The molecule has 2 N–H and O–H groups in total. The summed E-state index contributed by atoms with van der Waals surface area (Å²) in [5.74, 6) is 0. The molecule has 0 bridgehead atoms. The monoisotopic (exact) mass is 283 g/mol. The van der Waals surface area contributed by atoms with Crippen molar-refractivity contribution in [3.05, 3.63) is 40.6 Å². The smallest absolute Gasteiger partial charge is 0.0740 e. The lowest BCUT2D eigenvalue weighted by atomic mass is 9.84. The third kappa shape index (κ3) is 2.45. The molecule has 0 saturated carbocycles. The Morgan fingerprint density at radius 2 is 2.10 bits per heavy atom. The zero-order chi connectivity index (χ0) is 15.2. The summed E-state index contributed by atoms with van der Waals surface area (Å²) in [7, 11) is 2.17. The first-order valence-electron chi connectivity index (χ1n) is 7.83. The fourth-order valence-electron chi connectivity index (χ4n) is 3.48. The number of rotatable bonds is 2. The largest absolute Gasteiger partial charge is 0.322 e. The van der Waals surface area contributed by atoms with Gasteiger partial charge in [0.2, 0.25) is 0 Å². The van der Waals surface area contributed by atoms with Crippen molar-refractivity contribution in [1.29, 1.82) is 0 Å². The second-order valence-electron chi connectivity index (χ2n) is 6.79. The van der Waals surface area contributed by atoms with Crippen molar-refractivity contribution in [1.82, 2.24) is 9.88 Å². The van der Waals surface area contributed by atoms with Gasteiger partial charge in [-0.3, -0.25) is 4.98 Å². The molecule has 2 aromatic rings. The van der Waals surface area contributed by atoms with Gasteiger partial charge in [0, 0.05) is 36.1 Å². The number of aromatic nitrogens is 1. The van der Waals surface area contributed by atoms with Crippen LogP contribution in [0.15, 0.2) is 18.2 Å². The maximum Gasteiger partial charge on any atom is 0.0740 e. The molecular formula is C18H25N3. The molecule has 1 aromatic carbocycles. The van der Waals surface area contributed by atoms with Crippen LogP contribution in [0.25, 0.3) is 10.9 Å². The number of hydrogen-bond donors (Lipinski definition) is 1. The van der Waals surface area contributed by atoms with E-state index in [1.54, 1.807) is 0 Å². The SMILES string of the molecule is CCc1cccc2c(C(C)(C)N)c3c(nc12)CCN(C)C3. The minimum atomic E-state index is -0.351.